The van der Waals surface area contributed by atoms with E-state index in [2.05, 4.69) is 0 Å². The summed E-state index contributed by atoms with van der Waals surface area (Å²) in [5.74, 6) is -0.0123. The van der Waals surface area contributed by atoms with Crippen LogP contribution in [0.4, 0.5) is 4.39 Å². The summed E-state index contributed by atoms with van der Waals surface area (Å²) >= 11 is 0. The summed E-state index contributed by atoms with van der Waals surface area (Å²) in [6.07, 6.45) is 0. The minimum Gasteiger partial charge on any atom is -0.454 e. The molecule has 1 heterocycles. The second-order valence-electron chi connectivity index (χ2n) is 5.32. The largest absolute Gasteiger partial charge is 0.454 e. The first-order valence-corrected chi connectivity index (χ1v) is 5.82. The Labute approximate surface area is 113 Å². The Hall–Kier alpha value is -1.27. The van der Waals surface area contributed by atoms with Crippen molar-refractivity contribution in [3.8, 4) is 11.5 Å². The van der Waals surface area contributed by atoms with Gasteiger partial charge in [-0.15, -0.1) is 0 Å². The quantitative estimate of drug-likeness (QED) is 0.742. The Balaban J connectivity index is 0.000000203. The Morgan fingerprint density at radius 2 is 1.53 bits per heavy atom. The van der Waals surface area contributed by atoms with E-state index in [1.165, 1.54) is 12.1 Å². The highest BCUT2D eigenvalue weighted by Crippen LogP contribution is 2.31. The fourth-order valence-electron chi connectivity index (χ4n) is 0.985. The topological polar surface area (TPSA) is 58.9 Å². The molecule has 0 saturated heterocycles. The molecule has 0 unspecified atom stereocenters. The smallest absolute Gasteiger partial charge is 0.231 e. The molecule has 0 aliphatic carbocycles. The lowest BCUT2D eigenvalue weighted by Crippen LogP contribution is -2.44. The second kappa shape index (κ2) is 5.39. The van der Waals surface area contributed by atoms with Crippen LogP contribution in [0.25, 0.3) is 0 Å². The molecule has 0 bridgehead atoms. The number of hydrogen-bond acceptors (Lipinski definition) is 4. The van der Waals surface area contributed by atoms with Crippen molar-refractivity contribution in [3.63, 3.8) is 0 Å². The molecule has 1 aliphatic heterocycles. The van der Waals surface area contributed by atoms with Crippen LogP contribution in [-0.4, -0.2) is 36.1 Å². The normalized spacial score (nSPS) is 13.8. The zero-order chi connectivity index (χ0) is 14.8. The molecule has 2 N–H and O–H groups in total. The zero-order valence-electron chi connectivity index (χ0n) is 11.5. The molecule has 6 heteroatoms. The molecule has 1 aromatic carbocycles. The lowest BCUT2D eigenvalue weighted by atomic mass is 9.90. The fourth-order valence-corrected chi connectivity index (χ4v) is 0.985. The van der Waals surface area contributed by atoms with Crippen LogP contribution >= 0.6 is 0 Å². The highest BCUT2D eigenvalue weighted by molar-refractivity contribution is 6.34. The van der Waals surface area contributed by atoms with E-state index < -0.39 is 17.0 Å². The van der Waals surface area contributed by atoms with E-state index >= 15 is 0 Å². The Morgan fingerprint density at radius 3 is 1.95 bits per heavy atom. The van der Waals surface area contributed by atoms with Gasteiger partial charge in [-0.25, -0.2) is 4.39 Å². The van der Waals surface area contributed by atoms with E-state index in [0.29, 0.717) is 11.2 Å². The molecule has 4 nitrogen and oxygen atoms in total. The van der Waals surface area contributed by atoms with Crippen molar-refractivity contribution in [1.29, 1.82) is 0 Å². The van der Waals surface area contributed by atoms with Crippen molar-refractivity contribution in [2.75, 3.05) is 6.79 Å². The lowest BCUT2D eigenvalue weighted by Gasteiger charge is -2.31. The Morgan fingerprint density at radius 1 is 1.05 bits per heavy atom. The molecule has 0 spiro atoms. The number of benzene rings is 1. The van der Waals surface area contributed by atoms with Gasteiger partial charge in [-0.05, 0) is 33.8 Å². The third-order valence-corrected chi connectivity index (χ3v) is 3.00. The van der Waals surface area contributed by atoms with Crippen molar-refractivity contribution in [3.05, 3.63) is 17.9 Å². The van der Waals surface area contributed by atoms with Crippen LogP contribution in [0.1, 0.15) is 27.7 Å². The SMILES string of the molecule is CC(C)(O)C(C)(C)O.[B]c1ccc(F)c2c1OCO2. The van der Waals surface area contributed by atoms with E-state index in [1.54, 1.807) is 27.7 Å². The zero-order valence-corrected chi connectivity index (χ0v) is 11.5. The van der Waals surface area contributed by atoms with Crippen LogP contribution in [0.5, 0.6) is 11.5 Å². The van der Waals surface area contributed by atoms with E-state index in [0.717, 1.165) is 0 Å². The Bertz CT molecular complexity index is 408. The molecule has 0 amide bonds. The molecule has 1 aliphatic rings. The van der Waals surface area contributed by atoms with E-state index in [4.69, 9.17) is 27.5 Å². The summed E-state index contributed by atoms with van der Waals surface area (Å²) in [5, 5.41) is 18.2. The number of aliphatic hydroxyl groups is 2. The van der Waals surface area contributed by atoms with Gasteiger partial charge in [0.2, 0.25) is 12.5 Å². The van der Waals surface area contributed by atoms with Gasteiger partial charge in [0.25, 0.3) is 0 Å². The van der Waals surface area contributed by atoms with Crippen LogP contribution in [0.3, 0.4) is 0 Å². The standard InChI is InChI=1S/C7H4BFO2.C6H14O2/c8-4-1-2-5(9)7-6(4)10-3-11-7;1-5(2,7)6(3,4)8/h1-2H,3H2;7-8H,1-4H3. The summed E-state index contributed by atoms with van der Waals surface area (Å²) < 4.78 is 22.6. The van der Waals surface area contributed by atoms with Crippen LogP contribution in [-0.2, 0) is 0 Å². The number of hydrogen-bond donors (Lipinski definition) is 2. The number of halogens is 1. The van der Waals surface area contributed by atoms with Gasteiger partial charge >= 0.3 is 0 Å². The van der Waals surface area contributed by atoms with E-state index in [9.17, 15) is 4.39 Å². The molecule has 2 rings (SSSR count). The summed E-state index contributed by atoms with van der Waals surface area (Å²) in [4.78, 5) is 0. The van der Waals surface area contributed by atoms with Gasteiger partial charge in [-0.3, -0.25) is 0 Å². The summed E-state index contributed by atoms with van der Waals surface area (Å²) in [6.45, 7) is 6.35. The van der Waals surface area contributed by atoms with Gasteiger partial charge in [0.15, 0.2) is 11.6 Å². The lowest BCUT2D eigenvalue weighted by molar-refractivity contribution is -0.107. The minimum absolute atomic E-state index is 0.0421. The second-order valence-corrected chi connectivity index (χ2v) is 5.32. The average Bonchev–Trinajstić information content (AvgIpc) is 2.71. The van der Waals surface area contributed by atoms with Gasteiger partial charge < -0.3 is 19.7 Å². The monoisotopic (exact) mass is 268 g/mol. The maximum absolute atomic E-state index is 12.8. The van der Waals surface area contributed by atoms with Gasteiger partial charge in [-0.1, -0.05) is 11.5 Å². The molecule has 0 aromatic heterocycles. The predicted molar refractivity (Wildman–Crippen MR) is 70.5 cm³/mol. The molecular weight excluding hydrogens is 250 g/mol. The first-order chi connectivity index (χ1) is 8.54. The minimum atomic E-state index is -1.01. The van der Waals surface area contributed by atoms with E-state index in [-0.39, 0.29) is 12.5 Å². The van der Waals surface area contributed by atoms with Crippen molar-refractivity contribution in [2.45, 2.75) is 38.9 Å². The molecule has 1 aromatic rings. The van der Waals surface area contributed by atoms with Crippen LogP contribution < -0.4 is 14.9 Å². The third-order valence-electron chi connectivity index (χ3n) is 3.00. The molecule has 19 heavy (non-hydrogen) atoms. The van der Waals surface area contributed by atoms with Gasteiger partial charge in [-0.2, -0.15) is 0 Å². The maximum atomic E-state index is 12.8. The maximum Gasteiger partial charge on any atom is 0.231 e. The highest BCUT2D eigenvalue weighted by Gasteiger charge is 2.31. The number of rotatable bonds is 1. The van der Waals surface area contributed by atoms with Crippen LogP contribution in [0, 0.1) is 5.82 Å². The van der Waals surface area contributed by atoms with Crippen molar-refractivity contribution in [2.24, 2.45) is 0 Å². The molecule has 2 radical (unpaired) electrons. The number of fused-ring (bicyclic) bond motifs is 1. The van der Waals surface area contributed by atoms with Gasteiger partial charge in [0.05, 0.1) is 11.2 Å². The first-order valence-electron chi connectivity index (χ1n) is 5.82. The highest BCUT2D eigenvalue weighted by atomic mass is 19.1. The van der Waals surface area contributed by atoms with Crippen molar-refractivity contribution in [1.82, 2.24) is 0 Å². The summed E-state index contributed by atoms with van der Waals surface area (Å²) in [5.41, 5.74) is -1.61. The van der Waals surface area contributed by atoms with Crippen LogP contribution in [0.15, 0.2) is 12.1 Å². The fraction of sp³-hybridized carbons (Fsp3) is 0.538. The average molecular weight is 268 g/mol. The molecular formula is C13H18BFO4. The van der Waals surface area contributed by atoms with Crippen molar-refractivity contribution >= 4 is 13.3 Å². The van der Waals surface area contributed by atoms with Gasteiger partial charge in [0.1, 0.15) is 7.85 Å². The molecule has 0 atom stereocenters. The first kappa shape index (κ1) is 15.8. The predicted octanol–water partition coefficient (Wildman–Crippen LogP) is 0.876. The molecule has 0 fully saturated rings. The summed E-state index contributed by atoms with van der Waals surface area (Å²) in [6, 6.07) is 2.70. The Kier molecular flexibility index (Phi) is 4.48. The molecule has 104 valence electrons. The molecule has 0 saturated carbocycles. The van der Waals surface area contributed by atoms with Crippen LogP contribution in [0.2, 0.25) is 0 Å². The number of ether oxygens (including phenoxy) is 2. The van der Waals surface area contributed by atoms with Crippen molar-refractivity contribution < 1.29 is 24.1 Å². The third kappa shape index (κ3) is 3.85. The summed E-state index contributed by atoms with van der Waals surface area (Å²) in [7, 11) is 5.47. The van der Waals surface area contributed by atoms with E-state index in [1.807, 2.05) is 0 Å². The van der Waals surface area contributed by atoms with Gasteiger partial charge in [0, 0.05) is 0 Å².